The van der Waals surface area contributed by atoms with Crippen LogP contribution in [0.2, 0.25) is 15.1 Å². The predicted octanol–water partition coefficient (Wildman–Crippen LogP) is 5.52. The number of amides is 1. The molecule has 0 radical (unpaired) electrons. The molecule has 1 unspecified atom stereocenters. The van der Waals surface area contributed by atoms with Gasteiger partial charge in [-0.15, -0.1) is 10.2 Å². The van der Waals surface area contributed by atoms with E-state index < -0.39 is 0 Å². The summed E-state index contributed by atoms with van der Waals surface area (Å²) < 4.78 is 7.15. The summed E-state index contributed by atoms with van der Waals surface area (Å²) >= 11 is 19.5. The fourth-order valence-corrected chi connectivity index (χ4v) is 4.41. The molecule has 0 saturated heterocycles. The number of halogens is 3. The number of aromatic nitrogens is 3. The molecule has 6 nitrogen and oxygen atoms in total. The SMILES string of the molecule is COCCn1c(SCC(=O)NC(C)c2ccc(Cl)cc2Cl)nnc1-c1ccc(Cl)cc1. The zero-order valence-corrected chi connectivity index (χ0v) is 20.0. The standard InChI is InChI=1S/C21H21Cl3N4O2S/c1-13(17-8-7-16(23)11-18(17)24)25-19(29)12-31-21-27-26-20(28(21)9-10-30-2)14-3-5-15(22)6-4-14/h3-8,11,13H,9-10,12H2,1-2H3,(H,25,29). The van der Waals surface area contributed by atoms with E-state index in [4.69, 9.17) is 39.5 Å². The lowest BCUT2D eigenvalue weighted by Gasteiger charge is -2.16. The van der Waals surface area contributed by atoms with Gasteiger partial charge in [0.05, 0.1) is 24.9 Å². The molecule has 2 aromatic carbocycles. The van der Waals surface area contributed by atoms with Gasteiger partial charge < -0.3 is 10.1 Å². The number of benzene rings is 2. The topological polar surface area (TPSA) is 69.0 Å². The number of thioether (sulfide) groups is 1. The summed E-state index contributed by atoms with van der Waals surface area (Å²) in [7, 11) is 1.63. The minimum absolute atomic E-state index is 0.141. The monoisotopic (exact) mass is 498 g/mol. The highest BCUT2D eigenvalue weighted by Gasteiger charge is 2.17. The molecule has 0 aliphatic rings. The lowest BCUT2D eigenvalue weighted by Crippen LogP contribution is -2.28. The van der Waals surface area contributed by atoms with Crippen LogP contribution in [0.5, 0.6) is 0 Å². The van der Waals surface area contributed by atoms with Crippen molar-refractivity contribution in [3.05, 3.63) is 63.1 Å². The molecule has 0 aliphatic heterocycles. The van der Waals surface area contributed by atoms with Crippen LogP contribution in [0.1, 0.15) is 18.5 Å². The molecule has 0 bridgehead atoms. The van der Waals surface area contributed by atoms with Crippen LogP contribution < -0.4 is 5.32 Å². The van der Waals surface area contributed by atoms with Gasteiger partial charge in [0.2, 0.25) is 5.91 Å². The van der Waals surface area contributed by atoms with Crippen LogP contribution in [0.3, 0.4) is 0 Å². The number of hydrogen-bond acceptors (Lipinski definition) is 5. The van der Waals surface area contributed by atoms with Gasteiger partial charge in [-0.1, -0.05) is 52.6 Å². The van der Waals surface area contributed by atoms with Gasteiger partial charge >= 0.3 is 0 Å². The minimum Gasteiger partial charge on any atom is -0.383 e. The van der Waals surface area contributed by atoms with Crippen LogP contribution in [-0.2, 0) is 16.1 Å². The second-order valence-corrected chi connectivity index (χ2v) is 8.92. The Hall–Kier alpha value is -1.77. The number of nitrogens with zero attached hydrogens (tertiary/aromatic N) is 3. The largest absolute Gasteiger partial charge is 0.383 e. The van der Waals surface area contributed by atoms with Crippen molar-refractivity contribution < 1.29 is 9.53 Å². The van der Waals surface area contributed by atoms with Gasteiger partial charge in [-0.2, -0.15) is 0 Å². The maximum Gasteiger partial charge on any atom is 0.230 e. The molecule has 0 saturated carbocycles. The van der Waals surface area contributed by atoms with E-state index in [1.54, 1.807) is 31.4 Å². The maximum absolute atomic E-state index is 12.5. The van der Waals surface area contributed by atoms with Gasteiger partial charge in [0.15, 0.2) is 11.0 Å². The Kier molecular flexibility index (Phi) is 8.63. The van der Waals surface area contributed by atoms with E-state index >= 15 is 0 Å². The summed E-state index contributed by atoms with van der Waals surface area (Å²) in [6, 6.07) is 12.3. The molecular formula is C21H21Cl3N4O2S. The lowest BCUT2D eigenvalue weighted by atomic mass is 10.1. The molecule has 10 heteroatoms. The third-order valence-corrected chi connectivity index (χ3v) is 6.26. The van der Waals surface area contributed by atoms with Crippen LogP contribution >= 0.6 is 46.6 Å². The lowest BCUT2D eigenvalue weighted by molar-refractivity contribution is -0.119. The van der Waals surface area contributed by atoms with Crippen LogP contribution in [-0.4, -0.2) is 40.1 Å². The molecule has 1 heterocycles. The summed E-state index contributed by atoms with van der Waals surface area (Å²) in [6.07, 6.45) is 0. The molecule has 3 rings (SSSR count). The Bertz CT molecular complexity index is 1040. The van der Waals surface area contributed by atoms with E-state index in [1.807, 2.05) is 29.7 Å². The number of methoxy groups -OCH3 is 1. The predicted molar refractivity (Wildman–Crippen MR) is 126 cm³/mol. The quantitative estimate of drug-likeness (QED) is 0.393. The summed E-state index contributed by atoms with van der Waals surface area (Å²) in [5, 5.41) is 13.9. The van der Waals surface area contributed by atoms with Crippen molar-refractivity contribution in [1.29, 1.82) is 0 Å². The molecule has 0 fully saturated rings. The number of carbonyl (C=O) groups excluding carboxylic acids is 1. The third-order valence-electron chi connectivity index (χ3n) is 4.48. The number of carbonyl (C=O) groups is 1. The van der Waals surface area contributed by atoms with Crippen molar-refractivity contribution in [2.45, 2.75) is 24.7 Å². The third kappa shape index (κ3) is 6.37. The molecule has 164 valence electrons. The highest BCUT2D eigenvalue weighted by molar-refractivity contribution is 7.99. The van der Waals surface area contributed by atoms with Crippen molar-refractivity contribution in [2.75, 3.05) is 19.5 Å². The van der Waals surface area contributed by atoms with E-state index in [0.717, 1.165) is 11.1 Å². The molecule has 0 spiro atoms. The van der Waals surface area contributed by atoms with E-state index in [-0.39, 0.29) is 17.7 Å². The van der Waals surface area contributed by atoms with E-state index in [2.05, 4.69) is 15.5 Å². The normalized spacial score (nSPS) is 12.0. The molecule has 31 heavy (non-hydrogen) atoms. The van der Waals surface area contributed by atoms with Crippen molar-refractivity contribution in [1.82, 2.24) is 20.1 Å². The highest BCUT2D eigenvalue weighted by Crippen LogP contribution is 2.27. The van der Waals surface area contributed by atoms with Crippen LogP contribution in [0, 0.1) is 0 Å². The molecular weight excluding hydrogens is 479 g/mol. The molecule has 1 atom stereocenters. The Balaban J connectivity index is 1.68. The summed E-state index contributed by atoms with van der Waals surface area (Å²) in [5.74, 6) is 0.733. The van der Waals surface area contributed by atoms with Crippen molar-refractivity contribution in [3.8, 4) is 11.4 Å². The van der Waals surface area contributed by atoms with Crippen molar-refractivity contribution >= 4 is 52.5 Å². The average Bonchev–Trinajstić information content (AvgIpc) is 3.13. The number of ether oxygens (including phenoxy) is 1. The minimum atomic E-state index is -0.256. The first-order chi connectivity index (χ1) is 14.9. The summed E-state index contributed by atoms with van der Waals surface area (Å²) in [6.45, 7) is 2.92. The highest BCUT2D eigenvalue weighted by atomic mass is 35.5. The van der Waals surface area contributed by atoms with E-state index in [1.165, 1.54) is 11.8 Å². The zero-order valence-electron chi connectivity index (χ0n) is 16.9. The second kappa shape index (κ2) is 11.2. The van der Waals surface area contributed by atoms with Gasteiger partial charge in [-0.3, -0.25) is 9.36 Å². The molecule has 1 aromatic heterocycles. The first-order valence-electron chi connectivity index (χ1n) is 9.44. The Labute approximate surface area is 200 Å². The van der Waals surface area contributed by atoms with Crippen LogP contribution in [0.25, 0.3) is 11.4 Å². The zero-order chi connectivity index (χ0) is 22.4. The van der Waals surface area contributed by atoms with Crippen molar-refractivity contribution in [3.63, 3.8) is 0 Å². The van der Waals surface area contributed by atoms with Gasteiger partial charge in [0, 0.05) is 27.7 Å². The second-order valence-electron chi connectivity index (χ2n) is 6.70. The smallest absolute Gasteiger partial charge is 0.230 e. The fourth-order valence-electron chi connectivity index (χ4n) is 2.94. The van der Waals surface area contributed by atoms with Gasteiger partial charge in [-0.25, -0.2) is 0 Å². The number of rotatable bonds is 9. The Morgan fingerprint density at radius 2 is 1.84 bits per heavy atom. The Morgan fingerprint density at radius 1 is 1.13 bits per heavy atom. The first kappa shape index (κ1) is 23.9. The van der Waals surface area contributed by atoms with Gasteiger partial charge in [-0.05, 0) is 48.9 Å². The molecule has 1 amide bonds. The average molecular weight is 500 g/mol. The first-order valence-corrected chi connectivity index (χ1v) is 11.6. The summed E-state index contributed by atoms with van der Waals surface area (Å²) in [4.78, 5) is 12.5. The van der Waals surface area contributed by atoms with Gasteiger partial charge in [0.1, 0.15) is 0 Å². The molecule has 3 aromatic rings. The van der Waals surface area contributed by atoms with E-state index in [9.17, 15) is 4.79 Å². The maximum atomic E-state index is 12.5. The van der Waals surface area contributed by atoms with E-state index in [0.29, 0.717) is 39.2 Å². The van der Waals surface area contributed by atoms with Crippen LogP contribution in [0.4, 0.5) is 0 Å². The van der Waals surface area contributed by atoms with Crippen molar-refractivity contribution in [2.24, 2.45) is 0 Å². The number of hydrogen-bond donors (Lipinski definition) is 1. The Morgan fingerprint density at radius 3 is 2.52 bits per heavy atom. The molecule has 0 aliphatic carbocycles. The molecule has 1 N–H and O–H groups in total. The van der Waals surface area contributed by atoms with Gasteiger partial charge in [0.25, 0.3) is 0 Å². The summed E-state index contributed by atoms with van der Waals surface area (Å²) in [5.41, 5.74) is 1.69. The fraction of sp³-hybridized carbons (Fsp3) is 0.286. The van der Waals surface area contributed by atoms with Crippen LogP contribution in [0.15, 0.2) is 47.6 Å². The number of nitrogens with one attached hydrogen (secondary N) is 1.